The lowest BCUT2D eigenvalue weighted by Crippen LogP contribution is -2.58. The van der Waals surface area contributed by atoms with Crippen LogP contribution in [0.2, 0.25) is 0 Å². The Morgan fingerprint density at radius 3 is 2.61 bits per heavy atom. The Hall–Kier alpha value is -4.40. The second-order valence-corrected chi connectivity index (χ2v) is 13.7. The molecule has 13 nitrogen and oxygen atoms in total. The lowest BCUT2D eigenvalue weighted by molar-refractivity contribution is -0.160. The zero-order valence-corrected chi connectivity index (χ0v) is 28.4. The van der Waals surface area contributed by atoms with Gasteiger partial charge in [0.05, 0.1) is 30.6 Å². The molecule has 2 aromatic carbocycles. The van der Waals surface area contributed by atoms with E-state index in [9.17, 15) is 19.5 Å². The van der Waals surface area contributed by atoms with Crippen LogP contribution < -0.4 is 5.32 Å². The number of aliphatic hydroxyl groups excluding tert-OH is 1. The number of amides is 3. The molecule has 2 saturated heterocycles. The summed E-state index contributed by atoms with van der Waals surface area (Å²) in [7, 11) is 0. The first-order chi connectivity index (χ1) is 23.8. The summed E-state index contributed by atoms with van der Waals surface area (Å²) in [6, 6.07) is 14.6. The number of likely N-dealkylation sites (tertiary alicyclic amines) is 1. The predicted molar refractivity (Wildman–Crippen MR) is 179 cm³/mol. The monoisotopic (exact) mass is 732 g/mol. The fourth-order valence-corrected chi connectivity index (χ4v) is 8.27. The van der Waals surface area contributed by atoms with Crippen molar-refractivity contribution >= 4 is 50.7 Å². The van der Waals surface area contributed by atoms with Crippen molar-refractivity contribution in [3.63, 3.8) is 0 Å². The van der Waals surface area contributed by atoms with E-state index in [1.165, 1.54) is 4.90 Å². The summed E-state index contributed by atoms with van der Waals surface area (Å²) in [5.74, 6) is -3.99. The third-order valence-electron chi connectivity index (χ3n) is 9.93. The molecule has 2 fully saturated rings. The van der Waals surface area contributed by atoms with Gasteiger partial charge in [0, 0.05) is 17.4 Å². The molecule has 256 valence electrons. The van der Waals surface area contributed by atoms with Crippen molar-refractivity contribution in [2.24, 2.45) is 11.8 Å². The number of aromatic nitrogens is 3. The highest BCUT2D eigenvalue weighted by molar-refractivity contribution is 9.11. The largest absolute Gasteiger partial charge is 0.455 e. The first kappa shape index (κ1) is 33.1. The zero-order chi connectivity index (χ0) is 34.3. The molecule has 0 unspecified atom stereocenters. The average Bonchev–Trinajstić information content (AvgIpc) is 3.83. The molecule has 4 aliphatic rings. The molecule has 49 heavy (non-hydrogen) atoms. The number of fused-ring (bicyclic) bond motifs is 3. The maximum atomic E-state index is 15.0. The average molecular weight is 734 g/mol. The Bertz CT molecular complexity index is 1830. The lowest BCUT2D eigenvalue weighted by Gasteiger charge is -2.38. The van der Waals surface area contributed by atoms with Gasteiger partial charge in [0.25, 0.3) is 5.91 Å². The number of esters is 1. The first-order valence-corrected chi connectivity index (χ1v) is 17.3. The van der Waals surface area contributed by atoms with Gasteiger partial charge < -0.3 is 29.7 Å². The van der Waals surface area contributed by atoms with E-state index < -0.39 is 59.5 Å². The summed E-state index contributed by atoms with van der Waals surface area (Å²) in [5, 5.41) is 21.9. The van der Waals surface area contributed by atoms with Gasteiger partial charge in [0.1, 0.15) is 42.0 Å². The quantitative estimate of drug-likeness (QED) is 0.287. The summed E-state index contributed by atoms with van der Waals surface area (Å²) in [5.41, 5.74) is 0.538. The van der Waals surface area contributed by atoms with Gasteiger partial charge in [-0.1, -0.05) is 82.7 Å². The van der Waals surface area contributed by atoms with E-state index in [0.29, 0.717) is 33.9 Å². The summed E-state index contributed by atoms with van der Waals surface area (Å²) in [6.45, 7) is 1.60. The van der Waals surface area contributed by atoms with Gasteiger partial charge in [0.2, 0.25) is 11.8 Å². The summed E-state index contributed by atoms with van der Waals surface area (Å²) >= 11 is 3.58. The zero-order valence-electron chi connectivity index (χ0n) is 26.9. The van der Waals surface area contributed by atoms with Crippen LogP contribution in [0.15, 0.2) is 77.3 Å². The number of rotatable bonds is 6. The van der Waals surface area contributed by atoms with Crippen LogP contribution in [0.3, 0.4) is 0 Å². The highest BCUT2D eigenvalue weighted by Crippen LogP contribution is 2.59. The van der Waals surface area contributed by atoms with Gasteiger partial charge in [-0.15, -0.1) is 5.10 Å². The van der Waals surface area contributed by atoms with E-state index in [0.717, 1.165) is 0 Å². The number of allylic oxidation sites excluding steroid dienone is 1. The maximum absolute atomic E-state index is 15.0. The van der Waals surface area contributed by atoms with E-state index in [-0.39, 0.29) is 38.7 Å². The van der Waals surface area contributed by atoms with E-state index >= 15 is 4.79 Å². The number of para-hydroxylation sites is 1. The number of nitrogens with zero attached hydrogens (tertiary/aromatic N) is 5. The summed E-state index contributed by atoms with van der Waals surface area (Å²) in [6.07, 6.45) is 4.63. The second-order valence-electron chi connectivity index (χ2n) is 12.7. The number of cyclic esters (lactones) is 1. The van der Waals surface area contributed by atoms with E-state index in [4.69, 9.17) is 9.47 Å². The van der Waals surface area contributed by atoms with Gasteiger partial charge in [-0.05, 0) is 36.6 Å². The topological polar surface area (TPSA) is 156 Å². The Kier molecular flexibility index (Phi) is 9.11. The fourth-order valence-electron chi connectivity index (χ4n) is 7.53. The normalized spacial score (nSPS) is 30.3. The minimum absolute atomic E-state index is 0.00208. The first-order valence-electron chi connectivity index (χ1n) is 16.5. The van der Waals surface area contributed by atoms with E-state index in [2.05, 4.69) is 31.6 Å². The number of hydrogen-bond acceptors (Lipinski definition) is 9. The number of ether oxygens (including phenoxy) is 2. The van der Waals surface area contributed by atoms with E-state index in [1.54, 1.807) is 27.8 Å². The van der Waals surface area contributed by atoms with Gasteiger partial charge in [0.15, 0.2) is 0 Å². The molecular formula is C35H37BrN6O7. The smallest absolute Gasteiger partial charge is 0.313 e. The van der Waals surface area contributed by atoms with Crippen molar-refractivity contribution in [3.8, 4) is 0 Å². The van der Waals surface area contributed by atoms with Crippen molar-refractivity contribution in [1.82, 2.24) is 30.1 Å². The molecule has 3 aromatic rings. The molecule has 0 saturated carbocycles. The number of carbonyl (C=O) groups is 4. The van der Waals surface area contributed by atoms with Crippen molar-refractivity contribution in [2.45, 2.75) is 62.7 Å². The van der Waals surface area contributed by atoms with Crippen LogP contribution >= 0.6 is 15.9 Å². The minimum atomic E-state index is -1.51. The fraction of sp³-hybridized carbons (Fsp3) is 0.429. The summed E-state index contributed by atoms with van der Waals surface area (Å²) in [4.78, 5) is 59.6. The third kappa shape index (κ3) is 5.75. The Morgan fingerprint density at radius 2 is 1.84 bits per heavy atom. The van der Waals surface area contributed by atoms with Crippen LogP contribution in [-0.4, -0.2) is 97.1 Å². The Morgan fingerprint density at radius 1 is 1.06 bits per heavy atom. The highest BCUT2D eigenvalue weighted by atomic mass is 79.9. The molecule has 5 bridgehead atoms. The number of aliphatic hydroxyl groups is 1. The van der Waals surface area contributed by atoms with Gasteiger partial charge in [-0.25, -0.2) is 4.68 Å². The van der Waals surface area contributed by atoms with Crippen LogP contribution in [0.25, 0.3) is 11.0 Å². The minimum Gasteiger partial charge on any atom is -0.455 e. The molecule has 14 heteroatoms. The molecule has 7 rings (SSSR count). The molecule has 1 aromatic heterocycles. The number of benzene rings is 2. The number of carbonyl (C=O) groups excluding carboxylic acids is 4. The molecule has 0 radical (unpaired) electrons. The molecule has 2 N–H and O–H groups in total. The van der Waals surface area contributed by atoms with Crippen molar-refractivity contribution < 1.29 is 33.8 Å². The lowest BCUT2D eigenvalue weighted by atomic mass is 9.74. The number of nitrogens with one attached hydrogen (secondary N) is 1. The van der Waals surface area contributed by atoms with Crippen molar-refractivity contribution in [2.75, 3.05) is 19.7 Å². The van der Waals surface area contributed by atoms with E-state index in [1.807, 2.05) is 61.5 Å². The molecule has 7 atom stereocenters. The molecule has 3 amide bonds. The van der Waals surface area contributed by atoms with Crippen molar-refractivity contribution in [1.29, 1.82) is 0 Å². The third-order valence-corrected chi connectivity index (χ3v) is 10.6. The standard InChI is InChI=1S/C35H37BrN6O7/c1-2-22(19-43)42-31-33(46)40(20-41-25-14-9-8-13-24(25)38-39-41)16-10-4-7-15-27(44)37-18-26(21-11-5-3-6-12-21)48-34(47)28-29(32(42)45)35(31)17-23(36)30(28)49-35/h3-6,8-14,17,22,26,28-31,43H,2,7,15-16,18-20H2,1H3,(H,37,44)/b10-4-/t22-,26+,28+,29-,30+,31+,35-/m0/s1. The Balaban J connectivity index is 1.32. The van der Waals surface area contributed by atoms with Crippen LogP contribution in [0.1, 0.15) is 37.9 Å². The SMILES string of the molecule is CC[C@@H](CO)N1C(=O)[C@@H]2[C@H]3C(=O)O[C@@H](c4ccccc4)CNC(=O)CC/C=C\CN(Cn4nnc5ccccc54)C(=O)[C@@H]1[C@]21C=C(Br)[C@H]3O1. The molecular weight excluding hydrogens is 696 g/mol. The predicted octanol–water partition coefficient (Wildman–Crippen LogP) is 2.61. The maximum Gasteiger partial charge on any atom is 0.313 e. The van der Waals surface area contributed by atoms with Crippen LogP contribution in [0.5, 0.6) is 0 Å². The van der Waals surface area contributed by atoms with Crippen LogP contribution in [0, 0.1) is 11.8 Å². The molecule has 0 aliphatic carbocycles. The van der Waals surface area contributed by atoms with Gasteiger partial charge in [-0.2, -0.15) is 0 Å². The molecule has 5 heterocycles. The van der Waals surface area contributed by atoms with Gasteiger partial charge >= 0.3 is 5.97 Å². The Labute approximate surface area is 291 Å². The van der Waals surface area contributed by atoms with Crippen LogP contribution in [0.4, 0.5) is 0 Å². The molecule has 1 spiro atoms. The molecule has 4 aliphatic heterocycles. The van der Waals surface area contributed by atoms with Gasteiger partial charge in [-0.3, -0.25) is 19.2 Å². The number of hydrogen-bond donors (Lipinski definition) is 2. The van der Waals surface area contributed by atoms with Crippen LogP contribution in [-0.2, 0) is 35.3 Å². The van der Waals surface area contributed by atoms with Crippen molar-refractivity contribution in [3.05, 3.63) is 82.9 Å². The second kappa shape index (κ2) is 13.5. The highest BCUT2D eigenvalue weighted by Gasteiger charge is 2.75. The number of halogens is 1. The summed E-state index contributed by atoms with van der Waals surface area (Å²) < 4.78 is 14.9.